The van der Waals surface area contributed by atoms with E-state index in [-0.39, 0.29) is 17.3 Å². The summed E-state index contributed by atoms with van der Waals surface area (Å²) >= 11 is 0. The highest BCUT2D eigenvalue weighted by Crippen LogP contribution is 2.34. The molecule has 0 atom stereocenters. The Morgan fingerprint density at radius 1 is 1.04 bits per heavy atom. The number of anilines is 4. The van der Waals surface area contributed by atoms with Crippen LogP contribution in [0.1, 0.15) is 18.1 Å². The van der Waals surface area contributed by atoms with Crippen LogP contribution in [0.25, 0.3) is 0 Å². The lowest BCUT2D eigenvalue weighted by Crippen LogP contribution is -2.06. The first kappa shape index (κ1) is 19.1. The van der Waals surface area contributed by atoms with E-state index in [9.17, 15) is 10.1 Å². The van der Waals surface area contributed by atoms with E-state index in [1.807, 2.05) is 39.0 Å². The number of nitro groups is 1. The van der Waals surface area contributed by atoms with Gasteiger partial charge in [0.25, 0.3) is 0 Å². The molecule has 3 rings (SSSR count). The minimum atomic E-state index is -0.497. The lowest BCUT2D eigenvalue weighted by Gasteiger charge is -2.12. The number of hydrogen-bond acceptors (Lipinski definition) is 7. The van der Waals surface area contributed by atoms with Crippen LogP contribution in [0.15, 0.2) is 48.8 Å². The van der Waals surface area contributed by atoms with Crippen LogP contribution in [-0.4, -0.2) is 21.5 Å². The van der Waals surface area contributed by atoms with Crippen molar-refractivity contribution < 1.29 is 9.66 Å². The summed E-state index contributed by atoms with van der Waals surface area (Å²) in [5, 5.41) is 17.8. The predicted octanol–water partition coefficient (Wildman–Crippen LogP) is 4.89. The molecule has 0 fully saturated rings. The highest BCUT2D eigenvalue weighted by molar-refractivity contribution is 5.77. The first-order chi connectivity index (χ1) is 13.5. The van der Waals surface area contributed by atoms with Gasteiger partial charge in [0.2, 0.25) is 11.6 Å². The summed E-state index contributed by atoms with van der Waals surface area (Å²) in [7, 11) is 0. The second-order valence-electron chi connectivity index (χ2n) is 6.20. The second-order valence-corrected chi connectivity index (χ2v) is 6.20. The Bertz CT molecular complexity index is 990. The van der Waals surface area contributed by atoms with Crippen LogP contribution < -0.4 is 15.4 Å². The quantitative estimate of drug-likeness (QED) is 0.445. The number of ether oxygens (including phenoxy) is 1. The van der Waals surface area contributed by atoms with Crippen LogP contribution >= 0.6 is 0 Å². The van der Waals surface area contributed by atoms with Crippen LogP contribution in [0.2, 0.25) is 0 Å². The molecule has 0 aliphatic rings. The first-order valence-corrected chi connectivity index (χ1v) is 8.81. The van der Waals surface area contributed by atoms with Crippen molar-refractivity contribution >= 4 is 28.7 Å². The predicted molar refractivity (Wildman–Crippen MR) is 109 cm³/mol. The molecule has 0 unspecified atom stereocenters. The fraction of sp³-hybridized carbons (Fsp3) is 0.200. The number of nitrogens with one attached hydrogen (secondary N) is 2. The number of rotatable bonds is 7. The van der Waals surface area contributed by atoms with E-state index in [0.29, 0.717) is 12.3 Å². The van der Waals surface area contributed by atoms with Gasteiger partial charge in [-0.3, -0.25) is 10.1 Å². The molecule has 28 heavy (non-hydrogen) atoms. The van der Waals surface area contributed by atoms with Gasteiger partial charge < -0.3 is 15.4 Å². The largest absolute Gasteiger partial charge is 0.494 e. The van der Waals surface area contributed by atoms with Gasteiger partial charge in [0.15, 0.2) is 0 Å². The average Bonchev–Trinajstić information content (AvgIpc) is 2.66. The van der Waals surface area contributed by atoms with Crippen molar-refractivity contribution in [1.29, 1.82) is 0 Å². The van der Waals surface area contributed by atoms with Gasteiger partial charge in [-0.15, -0.1) is 0 Å². The van der Waals surface area contributed by atoms with E-state index >= 15 is 0 Å². The molecule has 0 saturated carbocycles. The molecular formula is C20H21N5O3. The molecule has 0 aliphatic carbocycles. The van der Waals surface area contributed by atoms with Gasteiger partial charge >= 0.3 is 5.69 Å². The highest BCUT2D eigenvalue weighted by Gasteiger charge is 2.23. The molecule has 2 N–H and O–H groups in total. The summed E-state index contributed by atoms with van der Waals surface area (Å²) in [6, 6.07) is 12.9. The van der Waals surface area contributed by atoms with Crippen molar-refractivity contribution in [2.75, 3.05) is 17.2 Å². The Morgan fingerprint density at radius 2 is 1.71 bits per heavy atom. The van der Waals surface area contributed by atoms with Gasteiger partial charge in [-0.05, 0) is 56.7 Å². The van der Waals surface area contributed by atoms with Gasteiger partial charge in [0.05, 0.1) is 11.5 Å². The van der Waals surface area contributed by atoms with Crippen LogP contribution in [0.3, 0.4) is 0 Å². The van der Waals surface area contributed by atoms with Crippen molar-refractivity contribution in [3.8, 4) is 5.75 Å². The summed E-state index contributed by atoms with van der Waals surface area (Å²) in [4.78, 5) is 19.4. The van der Waals surface area contributed by atoms with E-state index in [2.05, 4.69) is 20.6 Å². The molecule has 0 bridgehead atoms. The second kappa shape index (κ2) is 8.34. The number of aromatic nitrogens is 2. The van der Waals surface area contributed by atoms with E-state index in [1.54, 1.807) is 24.3 Å². The summed E-state index contributed by atoms with van der Waals surface area (Å²) in [5.41, 5.74) is 3.26. The number of hydrogen-bond donors (Lipinski definition) is 2. The third-order valence-electron chi connectivity index (χ3n) is 4.07. The lowest BCUT2D eigenvalue weighted by atomic mass is 10.1. The molecule has 0 radical (unpaired) electrons. The van der Waals surface area contributed by atoms with Gasteiger partial charge in [-0.25, -0.2) is 9.97 Å². The Labute approximate surface area is 162 Å². The molecule has 0 amide bonds. The highest BCUT2D eigenvalue weighted by atomic mass is 16.6. The smallest absolute Gasteiger partial charge is 0.353 e. The minimum Gasteiger partial charge on any atom is -0.494 e. The van der Waals surface area contributed by atoms with Crippen molar-refractivity contribution in [1.82, 2.24) is 9.97 Å². The monoisotopic (exact) mass is 379 g/mol. The third-order valence-corrected chi connectivity index (χ3v) is 4.07. The average molecular weight is 379 g/mol. The lowest BCUT2D eigenvalue weighted by molar-refractivity contribution is -0.383. The normalized spacial score (nSPS) is 10.4. The Balaban J connectivity index is 1.92. The molecular weight excluding hydrogens is 358 g/mol. The zero-order valence-corrected chi connectivity index (χ0v) is 15.9. The van der Waals surface area contributed by atoms with Gasteiger partial charge in [0, 0.05) is 11.4 Å². The van der Waals surface area contributed by atoms with E-state index < -0.39 is 4.92 Å². The van der Waals surface area contributed by atoms with E-state index in [0.717, 1.165) is 22.6 Å². The van der Waals surface area contributed by atoms with Crippen molar-refractivity contribution in [2.45, 2.75) is 20.8 Å². The fourth-order valence-electron chi connectivity index (χ4n) is 2.75. The maximum atomic E-state index is 11.7. The van der Waals surface area contributed by atoms with Crippen molar-refractivity contribution in [2.24, 2.45) is 0 Å². The topological polar surface area (TPSA) is 102 Å². The molecule has 3 aromatic rings. The molecule has 8 nitrogen and oxygen atoms in total. The fourth-order valence-corrected chi connectivity index (χ4v) is 2.75. The van der Waals surface area contributed by atoms with E-state index in [1.165, 1.54) is 6.33 Å². The molecule has 144 valence electrons. The number of benzene rings is 2. The molecule has 1 heterocycles. The van der Waals surface area contributed by atoms with Crippen LogP contribution in [0.5, 0.6) is 5.75 Å². The van der Waals surface area contributed by atoms with Gasteiger partial charge in [-0.1, -0.05) is 17.7 Å². The van der Waals surface area contributed by atoms with Crippen LogP contribution in [-0.2, 0) is 0 Å². The zero-order valence-electron chi connectivity index (χ0n) is 15.9. The van der Waals surface area contributed by atoms with Gasteiger partial charge in [-0.2, -0.15) is 0 Å². The molecule has 2 aromatic carbocycles. The van der Waals surface area contributed by atoms with E-state index in [4.69, 9.17) is 4.74 Å². The van der Waals surface area contributed by atoms with Crippen molar-refractivity contribution in [3.05, 3.63) is 70.0 Å². The maximum absolute atomic E-state index is 11.7. The Hall–Kier alpha value is -3.68. The SMILES string of the molecule is CCOc1ccc(Nc2ncnc(Nc3ccc(C)cc3C)c2[N+](=O)[O-])cc1. The minimum absolute atomic E-state index is 0.108. The molecule has 8 heteroatoms. The number of aryl methyl sites for hydroxylation is 2. The standard InChI is InChI=1S/C20H21N5O3/c1-4-28-16-8-6-15(7-9-16)23-19-18(25(26)27)20(22-12-21-19)24-17-10-5-13(2)11-14(17)3/h5-12H,4H2,1-3H3,(H2,21,22,23,24). The molecule has 0 spiro atoms. The Morgan fingerprint density at radius 3 is 2.32 bits per heavy atom. The summed E-state index contributed by atoms with van der Waals surface area (Å²) in [5.74, 6) is 0.958. The van der Waals surface area contributed by atoms with Crippen molar-refractivity contribution in [3.63, 3.8) is 0 Å². The molecule has 1 aromatic heterocycles. The van der Waals surface area contributed by atoms with Crippen LogP contribution in [0, 0.1) is 24.0 Å². The molecule has 0 saturated heterocycles. The van der Waals surface area contributed by atoms with Crippen LogP contribution in [0.4, 0.5) is 28.7 Å². The maximum Gasteiger partial charge on any atom is 0.353 e. The third kappa shape index (κ3) is 4.35. The molecule has 0 aliphatic heterocycles. The Kier molecular flexibility index (Phi) is 5.69. The summed E-state index contributed by atoms with van der Waals surface area (Å²) in [6.07, 6.45) is 1.29. The zero-order chi connectivity index (χ0) is 20.1. The van der Waals surface area contributed by atoms with Gasteiger partial charge in [0.1, 0.15) is 12.1 Å². The first-order valence-electron chi connectivity index (χ1n) is 8.81. The summed E-state index contributed by atoms with van der Waals surface area (Å²) in [6.45, 7) is 6.39. The number of nitrogens with zero attached hydrogens (tertiary/aromatic N) is 3. The summed E-state index contributed by atoms with van der Waals surface area (Å²) < 4.78 is 5.41.